The lowest BCUT2D eigenvalue weighted by molar-refractivity contribution is 0.584. The van der Waals surface area contributed by atoms with Crippen molar-refractivity contribution in [2.75, 3.05) is 13.1 Å². The standard InChI is InChI=1S/C15H13ClN4O2S2.C10H12N2.C5H2Cl2N2O2S2.2CH4.ClH/c16-13-14(19-7-8-23-15(19)18-13)24(21,22)20-9-10(5-6-17)11-3-1-2-4-12(11)20;11-6-5-8-7-12-10-4-2-1-3-9(8)10;6-3-4(13(7,10)11)9-1-2-12-5(9)8-3;;;/h1-4,7-9H,5-6,17H2;1-4,7,12H,5-6,11H2;1-2H;2*1H4;1H. The second kappa shape index (κ2) is 17.8. The van der Waals surface area contributed by atoms with Gasteiger partial charge in [0.1, 0.15) is 0 Å². The van der Waals surface area contributed by atoms with Crippen molar-refractivity contribution >= 4 is 120 Å². The molecule has 280 valence electrons. The minimum Gasteiger partial charge on any atom is -0.361 e. The first kappa shape index (κ1) is 43.2. The molecule has 0 saturated heterocycles. The highest BCUT2D eigenvalue weighted by molar-refractivity contribution is 8.13. The summed E-state index contributed by atoms with van der Waals surface area (Å²) in [4.78, 5) is 12.2. The number of rotatable bonds is 7. The number of hydrogen-bond acceptors (Lipinski definition) is 10. The molecule has 0 aliphatic rings. The molecule has 6 heterocycles. The van der Waals surface area contributed by atoms with Gasteiger partial charge in [0.05, 0.1) is 5.52 Å². The average molecular weight is 867 g/mol. The number of aromatic nitrogens is 6. The largest absolute Gasteiger partial charge is 0.361 e. The summed E-state index contributed by atoms with van der Waals surface area (Å²) < 4.78 is 52.7. The highest BCUT2D eigenvalue weighted by Crippen LogP contribution is 2.31. The summed E-state index contributed by atoms with van der Waals surface area (Å²) in [5.41, 5.74) is 15.1. The summed E-state index contributed by atoms with van der Waals surface area (Å²) in [7, 11) is -2.56. The van der Waals surface area contributed by atoms with Crippen molar-refractivity contribution in [2.24, 2.45) is 11.5 Å². The van der Waals surface area contributed by atoms with Crippen molar-refractivity contribution in [2.45, 2.75) is 37.7 Å². The number of imidazole rings is 2. The first-order chi connectivity index (χ1) is 23.5. The van der Waals surface area contributed by atoms with Gasteiger partial charge in [-0.1, -0.05) is 74.5 Å². The van der Waals surface area contributed by atoms with Crippen LogP contribution in [0.25, 0.3) is 31.7 Å². The van der Waals surface area contributed by atoms with Gasteiger partial charge >= 0.3 is 0 Å². The highest BCUT2D eigenvalue weighted by atomic mass is 35.7. The van der Waals surface area contributed by atoms with Crippen LogP contribution in [0.5, 0.6) is 0 Å². The van der Waals surface area contributed by atoms with Crippen LogP contribution in [0.2, 0.25) is 10.3 Å². The van der Waals surface area contributed by atoms with Crippen LogP contribution in [-0.2, 0) is 31.9 Å². The van der Waals surface area contributed by atoms with Crippen LogP contribution in [0.1, 0.15) is 26.0 Å². The fourth-order valence-electron chi connectivity index (χ4n) is 5.28. The Kier molecular flexibility index (Phi) is 14.8. The fourth-order valence-corrected chi connectivity index (χ4v) is 10.6. The lowest BCUT2D eigenvalue weighted by Crippen LogP contribution is -2.14. The number of thiazole rings is 2. The van der Waals surface area contributed by atoms with Gasteiger partial charge in [0.2, 0.25) is 5.03 Å². The minimum absolute atomic E-state index is 0. The van der Waals surface area contributed by atoms with E-state index in [1.807, 2.05) is 24.4 Å². The van der Waals surface area contributed by atoms with E-state index < -0.39 is 19.1 Å². The monoisotopic (exact) mass is 864 g/mol. The highest BCUT2D eigenvalue weighted by Gasteiger charge is 2.29. The smallest absolute Gasteiger partial charge is 0.287 e. The van der Waals surface area contributed by atoms with Crippen molar-refractivity contribution < 1.29 is 16.8 Å². The summed E-state index contributed by atoms with van der Waals surface area (Å²) in [6.45, 7) is 1.15. The number of H-pyrrole nitrogens is 1. The zero-order valence-corrected chi connectivity index (χ0v) is 32.0. The first-order valence-electron chi connectivity index (χ1n) is 14.4. The van der Waals surface area contributed by atoms with Crippen molar-refractivity contribution in [1.82, 2.24) is 27.7 Å². The summed E-state index contributed by atoms with van der Waals surface area (Å²) >= 11 is 14.3. The van der Waals surface area contributed by atoms with Crippen LogP contribution in [0.3, 0.4) is 0 Å². The lowest BCUT2D eigenvalue weighted by atomic mass is 10.1. The zero-order chi connectivity index (χ0) is 34.9. The maximum atomic E-state index is 13.3. The molecule has 8 aromatic rings. The van der Waals surface area contributed by atoms with Crippen LogP contribution >= 0.6 is 69.0 Å². The maximum absolute atomic E-state index is 13.3. The first-order valence-corrected chi connectivity index (χ1v) is 20.7. The van der Waals surface area contributed by atoms with Gasteiger partial charge in [-0.25, -0.2) is 22.4 Å². The van der Waals surface area contributed by atoms with E-state index in [9.17, 15) is 16.8 Å². The Balaban J connectivity index is 0.000000223. The van der Waals surface area contributed by atoms with Crippen LogP contribution in [0.4, 0.5) is 0 Å². The Morgan fingerprint density at radius 1 is 0.750 bits per heavy atom. The van der Waals surface area contributed by atoms with E-state index in [-0.39, 0.29) is 47.6 Å². The molecule has 12 nitrogen and oxygen atoms in total. The van der Waals surface area contributed by atoms with Crippen LogP contribution in [-0.4, -0.2) is 57.7 Å². The van der Waals surface area contributed by atoms with Crippen LogP contribution < -0.4 is 11.5 Å². The zero-order valence-electron chi connectivity index (χ0n) is 25.6. The molecule has 0 atom stereocenters. The summed E-state index contributed by atoms with van der Waals surface area (Å²) in [6.07, 6.45) is 8.40. The van der Waals surface area contributed by atoms with Gasteiger partial charge in [-0.3, -0.25) is 8.80 Å². The van der Waals surface area contributed by atoms with Gasteiger partial charge in [0, 0.05) is 62.5 Å². The quantitative estimate of drug-likeness (QED) is 0.135. The molecule has 0 amide bonds. The average Bonchev–Trinajstić information content (AvgIpc) is 3.89. The van der Waals surface area contributed by atoms with E-state index in [0.717, 1.165) is 17.4 Å². The molecule has 20 heteroatoms. The summed E-state index contributed by atoms with van der Waals surface area (Å²) in [6, 6.07) is 15.6. The number of fused-ring (bicyclic) bond motifs is 4. The van der Waals surface area contributed by atoms with Crippen LogP contribution in [0.15, 0.2) is 94.1 Å². The molecule has 6 aromatic heterocycles. The Bertz CT molecular complexity index is 2640. The molecular formula is C32H36Cl4N8O4S4. The normalized spacial score (nSPS) is 11.3. The van der Waals surface area contributed by atoms with Crippen molar-refractivity contribution in [3.8, 4) is 0 Å². The van der Waals surface area contributed by atoms with Crippen molar-refractivity contribution in [1.29, 1.82) is 0 Å². The second-order valence-corrected chi connectivity index (χ2v) is 17.0. The third-order valence-electron chi connectivity index (χ3n) is 7.35. The number of aromatic amines is 1. The summed E-state index contributed by atoms with van der Waals surface area (Å²) in [5.74, 6) is 0. The summed E-state index contributed by atoms with van der Waals surface area (Å²) in [5, 5.41) is 5.31. The van der Waals surface area contributed by atoms with E-state index >= 15 is 0 Å². The predicted octanol–water partition coefficient (Wildman–Crippen LogP) is 8.08. The number of para-hydroxylation sites is 2. The molecule has 0 aliphatic heterocycles. The molecule has 8 rings (SSSR count). The van der Waals surface area contributed by atoms with E-state index in [1.165, 1.54) is 51.9 Å². The number of nitrogens with zero attached hydrogens (tertiary/aromatic N) is 5. The van der Waals surface area contributed by atoms with E-state index in [1.54, 1.807) is 41.5 Å². The number of nitrogens with two attached hydrogens (primary N) is 2. The van der Waals surface area contributed by atoms with E-state index in [2.05, 4.69) is 33.2 Å². The van der Waals surface area contributed by atoms with Crippen molar-refractivity contribution in [3.05, 3.63) is 106 Å². The molecule has 0 aliphatic carbocycles. The molecule has 5 N–H and O–H groups in total. The molecule has 0 bridgehead atoms. The fraction of sp³-hybridized carbons (Fsp3) is 0.188. The molecule has 52 heavy (non-hydrogen) atoms. The molecule has 0 unspecified atom stereocenters. The van der Waals surface area contributed by atoms with E-state index in [0.29, 0.717) is 34.9 Å². The molecule has 0 spiro atoms. The predicted molar refractivity (Wildman–Crippen MR) is 218 cm³/mol. The third kappa shape index (κ3) is 8.46. The maximum Gasteiger partial charge on any atom is 0.287 e. The molecule has 0 saturated carbocycles. The van der Waals surface area contributed by atoms with Gasteiger partial charge in [-0.05, 0) is 49.2 Å². The Morgan fingerprint density at radius 3 is 1.87 bits per heavy atom. The molecule has 2 aromatic carbocycles. The van der Waals surface area contributed by atoms with Gasteiger partial charge in [-0.15, -0.1) is 35.1 Å². The number of benzene rings is 2. The second-order valence-electron chi connectivity index (χ2n) is 10.4. The van der Waals surface area contributed by atoms with Gasteiger partial charge < -0.3 is 16.5 Å². The van der Waals surface area contributed by atoms with E-state index in [4.69, 9.17) is 45.4 Å². The van der Waals surface area contributed by atoms with Gasteiger partial charge in [0.15, 0.2) is 25.3 Å². The molecule has 0 fully saturated rings. The minimum atomic E-state index is -3.90. The van der Waals surface area contributed by atoms with Gasteiger partial charge in [-0.2, -0.15) is 8.42 Å². The van der Waals surface area contributed by atoms with Crippen LogP contribution in [0, 0.1) is 0 Å². The molecule has 0 radical (unpaired) electrons. The molecular weight excluding hydrogens is 830 g/mol. The Labute approximate surface area is 329 Å². The number of halogens is 4. The van der Waals surface area contributed by atoms with Gasteiger partial charge in [0.25, 0.3) is 19.1 Å². The Hall–Kier alpha value is -3.16. The van der Waals surface area contributed by atoms with Crippen molar-refractivity contribution in [3.63, 3.8) is 0 Å². The number of nitrogens with one attached hydrogen (secondary N) is 1. The topological polar surface area (TPSA) is 176 Å². The number of hydrogen-bond donors (Lipinski definition) is 3. The lowest BCUT2D eigenvalue weighted by Gasteiger charge is -2.06. The Morgan fingerprint density at radius 2 is 1.27 bits per heavy atom. The SMILES string of the molecule is C.C.Cl.NCCc1c[nH]c2ccccc12.NCCc1cn(S(=O)(=O)c2c(Cl)nc3sccn23)c2ccccc12.O=S(=O)(Cl)c1c(Cl)nc2sccn12. The third-order valence-corrected chi connectivity index (χ3v) is 12.6.